The quantitative estimate of drug-likeness (QED) is 0.567. The van der Waals surface area contributed by atoms with Crippen LogP contribution in [0.5, 0.6) is 11.5 Å². The van der Waals surface area contributed by atoms with E-state index in [1.54, 1.807) is 32.4 Å². The van der Waals surface area contributed by atoms with E-state index < -0.39 is 0 Å². The minimum Gasteiger partial charge on any atom is -0.493 e. The van der Waals surface area contributed by atoms with Gasteiger partial charge in [0.25, 0.3) is 0 Å². The molecule has 7 heteroatoms. The number of nitrogens with one attached hydrogen (secondary N) is 2. The van der Waals surface area contributed by atoms with E-state index in [-0.39, 0.29) is 18.1 Å². The molecule has 0 radical (unpaired) electrons. The summed E-state index contributed by atoms with van der Waals surface area (Å²) in [4.78, 5) is 12.7. The van der Waals surface area contributed by atoms with Crippen LogP contribution in [0, 0.1) is 11.7 Å². The van der Waals surface area contributed by atoms with Gasteiger partial charge in [0.1, 0.15) is 11.5 Å². The molecule has 0 saturated carbocycles. The minimum atomic E-state index is -0.330. The van der Waals surface area contributed by atoms with Crippen LogP contribution in [0.15, 0.2) is 42.5 Å². The van der Waals surface area contributed by atoms with E-state index in [1.165, 1.54) is 12.1 Å². The summed E-state index contributed by atoms with van der Waals surface area (Å²) in [6.07, 6.45) is 0.865. The molecule has 3 rings (SSSR count). The number of H-pyrrole nitrogens is 1. The molecule has 1 aromatic heterocycles. The van der Waals surface area contributed by atoms with Gasteiger partial charge in [-0.2, -0.15) is 5.10 Å². The lowest BCUT2D eigenvalue weighted by Crippen LogP contribution is -2.16. The summed E-state index contributed by atoms with van der Waals surface area (Å²) < 4.78 is 23.8. The molecule has 0 spiro atoms. The molecule has 0 aliphatic heterocycles. The van der Waals surface area contributed by atoms with Gasteiger partial charge in [-0.1, -0.05) is 26.0 Å². The Morgan fingerprint density at radius 2 is 1.80 bits per heavy atom. The number of rotatable bonds is 8. The van der Waals surface area contributed by atoms with Gasteiger partial charge in [-0.15, -0.1) is 0 Å². The number of amides is 1. The second-order valence-electron chi connectivity index (χ2n) is 7.44. The first-order chi connectivity index (χ1) is 14.4. The lowest BCUT2D eigenvalue weighted by Gasteiger charge is -2.12. The Hall–Kier alpha value is -3.35. The molecular weight excluding hydrogens is 385 g/mol. The van der Waals surface area contributed by atoms with Crippen molar-refractivity contribution in [1.29, 1.82) is 0 Å². The number of nitrogens with zero attached hydrogens (tertiary/aromatic N) is 1. The minimum absolute atomic E-state index is 0.137. The highest BCUT2D eigenvalue weighted by Gasteiger charge is 2.19. The van der Waals surface area contributed by atoms with Crippen LogP contribution in [0.25, 0.3) is 11.3 Å². The van der Waals surface area contributed by atoms with Crippen LogP contribution in [0.2, 0.25) is 0 Å². The van der Waals surface area contributed by atoms with E-state index in [4.69, 9.17) is 9.47 Å². The zero-order valence-electron chi connectivity index (χ0n) is 17.6. The molecule has 30 heavy (non-hydrogen) atoms. The van der Waals surface area contributed by atoms with Gasteiger partial charge in [0, 0.05) is 5.56 Å². The Labute approximate surface area is 175 Å². The smallest absolute Gasteiger partial charge is 0.228 e. The van der Waals surface area contributed by atoms with Crippen LogP contribution < -0.4 is 14.8 Å². The molecular formula is C23H26FN3O3. The Morgan fingerprint density at radius 3 is 2.43 bits per heavy atom. The molecule has 158 valence electrons. The van der Waals surface area contributed by atoms with Crippen LogP contribution in [-0.2, 0) is 17.6 Å². The first kappa shape index (κ1) is 21.4. The molecule has 2 aromatic carbocycles. The molecule has 0 unspecified atom stereocenters. The number of halogens is 1. The molecule has 0 saturated heterocycles. The zero-order chi connectivity index (χ0) is 21.7. The van der Waals surface area contributed by atoms with E-state index >= 15 is 0 Å². The Bertz CT molecular complexity index is 1010. The van der Waals surface area contributed by atoms with Crippen molar-refractivity contribution in [3.63, 3.8) is 0 Å². The number of carbonyl (C=O) groups excluding carboxylic acids is 1. The van der Waals surface area contributed by atoms with Gasteiger partial charge in [-0.25, -0.2) is 4.39 Å². The van der Waals surface area contributed by atoms with Gasteiger partial charge in [-0.3, -0.25) is 9.89 Å². The van der Waals surface area contributed by atoms with Gasteiger partial charge in [0.05, 0.1) is 32.0 Å². The number of carbonyl (C=O) groups is 1. The third-order valence-corrected chi connectivity index (χ3v) is 4.65. The van der Waals surface area contributed by atoms with Crippen LogP contribution >= 0.6 is 0 Å². The summed E-state index contributed by atoms with van der Waals surface area (Å²) in [6, 6.07) is 11.4. The number of ether oxygens (including phenoxy) is 2. The second kappa shape index (κ2) is 9.43. The van der Waals surface area contributed by atoms with Crippen LogP contribution in [0.1, 0.15) is 25.1 Å². The van der Waals surface area contributed by atoms with Crippen molar-refractivity contribution in [2.75, 3.05) is 19.5 Å². The van der Waals surface area contributed by atoms with Gasteiger partial charge in [0.2, 0.25) is 5.91 Å². The van der Waals surface area contributed by atoms with E-state index in [1.807, 2.05) is 12.1 Å². The topological polar surface area (TPSA) is 76.2 Å². The highest BCUT2D eigenvalue weighted by molar-refractivity contribution is 5.96. The highest BCUT2D eigenvalue weighted by atomic mass is 19.1. The van der Waals surface area contributed by atoms with E-state index in [0.29, 0.717) is 28.8 Å². The van der Waals surface area contributed by atoms with E-state index in [9.17, 15) is 9.18 Å². The van der Waals surface area contributed by atoms with Gasteiger partial charge >= 0.3 is 0 Å². The molecule has 0 atom stereocenters. The molecule has 0 aliphatic rings. The third-order valence-electron chi connectivity index (χ3n) is 4.65. The lowest BCUT2D eigenvalue weighted by atomic mass is 10.0. The summed E-state index contributed by atoms with van der Waals surface area (Å²) in [7, 11) is 3.15. The number of hydrogen-bond donors (Lipinski definition) is 2. The van der Waals surface area contributed by atoms with Crippen molar-refractivity contribution in [2.24, 2.45) is 5.92 Å². The number of methoxy groups -OCH3 is 2. The predicted molar refractivity (Wildman–Crippen MR) is 114 cm³/mol. The van der Waals surface area contributed by atoms with Crippen molar-refractivity contribution < 1.29 is 18.7 Å². The zero-order valence-corrected chi connectivity index (χ0v) is 17.6. The summed E-state index contributed by atoms with van der Waals surface area (Å²) in [5.41, 5.74) is 3.63. The van der Waals surface area contributed by atoms with Crippen LogP contribution in [0.3, 0.4) is 0 Å². The Kier molecular flexibility index (Phi) is 6.72. The fourth-order valence-electron chi connectivity index (χ4n) is 3.23. The maximum atomic E-state index is 13.1. The third kappa shape index (κ3) is 4.97. The standard InChI is InChI=1S/C23H26FN3O3/c1-14(2)11-18-23(25-21(28)12-15-5-8-17(24)9-6-15)22(27-26-18)16-7-10-19(29-3)20(13-16)30-4/h5-10,13-14H,11-12H2,1-4H3,(H,25,28)(H,26,27). The predicted octanol–water partition coefficient (Wildman–Crippen LogP) is 4.61. The fourth-order valence-corrected chi connectivity index (χ4v) is 3.23. The summed E-state index contributed by atoms with van der Waals surface area (Å²) >= 11 is 0. The molecule has 0 fully saturated rings. The van der Waals surface area contributed by atoms with Crippen molar-refractivity contribution in [1.82, 2.24) is 10.2 Å². The molecule has 1 amide bonds. The number of anilines is 1. The average Bonchev–Trinajstić information content (AvgIpc) is 3.10. The van der Waals surface area contributed by atoms with Crippen molar-refractivity contribution in [2.45, 2.75) is 26.7 Å². The Balaban J connectivity index is 1.92. The number of aromatic nitrogens is 2. The normalized spacial score (nSPS) is 10.9. The van der Waals surface area contributed by atoms with Crippen molar-refractivity contribution >= 4 is 11.6 Å². The second-order valence-corrected chi connectivity index (χ2v) is 7.44. The molecule has 2 N–H and O–H groups in total. The van der Waals surface area contributed by atoms with Crippen molar-refractivity contribution in [3.05, 3.63) is 59.5 Å². The lowest BCUT2D eigenvalue weighted by molar-refractivity contribution is -0.115. The summed E-state index contributed by atoms with van der Waals surface area (Å²) in [6.45, 7) is 4.20. The molecule has 3 aromatic rings. The first-order valence-corrected chi connectivity index (χ1v) is 9.75. The summed E-state index contributed by atoms with van der Waals surface area (Å²) in [5, 5.41) is 10.5. The Morgan fingerprint density at radius 1 is 1.10 bits per heavy atom. The summed E-state index contributed by atoms with van der Waals surface area (Å²) in [5.74, 6) is 1.03. The first-order valence-electron chi connectivity index (χ1n) is 9.75. The monoisotopic (exact) mass is 411 g/mol. The highest BCUT2D eigenvalue weighted by Crippen LogP contribution is 2.36. The van der Waals surface area contributed by atoms with Gasteiger partial charge < -0.3 is 14.8 Å². The SMILES string of the molecule is COc1ccc(-c2n[nH]c(CC(C)C)c2NC(=O)Cc2ccc(F)cc2)cc1OC. The van der Waals surface area contributed by atoms with E-state index in [0.717, 1.165) is 23.2 Å². The van der Waals surface area contributed by atoms with Gasteiger partial charge in [-0.05, 0) is 48.2 Å². The van der Waals surface area contributed by atoms with Crippen molar-refractivity contribution in [3.8, 4) is 22.8 Å². The maximum Gasteiger partial charge on any atom is 0.228 e. The molecule has 1 heterocycles. The van der Waals surface area contributed by atoms with Crippen LogP contribution in [0.4, 0.5) is 10.1 Å². The fraction of sp³-hybridized carbons (Fsp3) is 0.304. The van der Waals surface area contributed by atoms with Crippen LogP contribution in [-0.4, -0.2) is 30.3 Å². The van der Waals surface area contributed by atoms with E-state index in [2.05, 4.69) is 29.4 Å². The number of aromatic amines is 1. The molecule has 6 nitrogen and oxygen atoms in total. The molecule has 0 aliphatic carbocycles. The maximum absolute atomic E-state index is 13.1. The number of benzene rings is 2. The largest absolute Gasteiger partial charge is 0.493 e. The van der Waals surface area contributed by atoms with Gasteiger partial charge in [0.15, 0.2) is 11.5 Å². The molecule has 0 bridgehead atoms. The number of hydrogen-bond acceptors (Lipinski definition) is 4. The average molecular weight is 411 g/mol.